The van der Waals surface area contributed by atoms with Crippen LogP contribution >= 0.6 is 12.6 Å². The molecule has 0 atom stereocenters. The molecule has 0 nitrogen and oxygen atoms in total. The molecule has 0 aliphatic carbocycles. The molecule has 0 spiro atoms. The van der Waals surface area contributed by atoms with E-state index in [0.29, 0.717) is 0 Å². The molecule has 0 aromatic heterocycles. The lowest BCUT2D eigenvalue weighted by Gasteiger charge is -2.03. The molecule has 68 valence electrons. The van der Waals surface area contributed by atoms with Crippen LogP contribution < -0.4 is 0 Å². The van der Waals surface area contributed by atoms with E-state index in [1.807, 2.05) is 0 Å². The minimum Gasteiger partial charge on any atom is -0.179 e. The van der Waals surface area contributed by atoms with Gasteiger partial charge in [0.1, 0.15) is 0 Å². The van der Waals surface area contributed by atoms with Gasteiger partial charge in [0.2, 0.25) is 0 Å². The Balaban J connectivity index is 2.80. The Morgan fingerprint density at radius 2 is 1.45 bits per heavy atom. The maximum atomic E-state index is 4.18. The number of hydrogen-bond acceptors (Lipinski definition) is 1. The van der Waals surface area contributed by atoms with Crippen LogP contribution in [0.2, 0.25) is 0 Å². The van der Waals surface area contributed by atoms with Crippen molar-refractivity contribution in [3.8, 4) is 0 Å². The average Bonchev–Trinajstić information content (AvgIpc) is 1.96. The topological polar surface area (TPSA) is 0 Å². The maximum absolute atomic E-state index is 4.18. The highest BCUT2D eigenvalue weighted by molar-refractivity contribution is 7.80. The van der Waals surface area contributed by atoms with E-state index in [0.717, 1.165) is 11.7 Å². The lowest BCUT2D eigenvalue weighted by molar-refractivity contribution is 0.519. The van der Waals surface area contributed by atoms with E-state index < -0.39 is 0 Å². The third kappa shape index (κ3) is 10.4. The van der Waals surface area contributed by atoms with E-state index in [9.17, 15) is 0 Å². The summed E-state index contributed by atoms with van der Waals surface area (Å²) in [6.07, 6.45) is 8.33. The maximum Gasteiger partial charge on any atom is -0.00979 e. The Labute approximate surface area is 77.2 Å². The Bertz CT molecular complexity index is 69.3. The highest BCUT2D eigenvalue weighted by Crippen LogP contribution is 2.10. The molecule has 0 bridgehead atoms. The van der Waals surface area contributed by atoms with Gasteiger partial charge in [-0.1, -0.05) is 46.0 Å². The molecule has 11 heavy (non-hydrogen) atoms. The first kappa shape index (κ1) is 11.4. The van der Waals surface area contributed by atoms with Gasteiger partial charge in [0.25, 0.3) is 0 Å². The summed E-state index contributed by atoms with van der Waals surface area (Å²) in [4.78, 5) is 0. The van der Waals surface area contributed by atoms with Crippen molar-refractivity contribution in [3.63, 3.8) is 0 Å². The van der Waals surface area contributed by atoms with Crippen molar-refractivity contribution < 1.29 is 0 Å². The molecule has 0 heterocycles. The second-order valence-electron chi connectivity index (χ2n) is 3.67. The largest absolute Gasteiger partial charge is 0.179 e. The standard InChI is InChI=1S/C10H22S/c1-10(2)8-6-4-3-5-7-9-11/h10-11H,3-9H2,1-2H3. The first-order valence-electron chi connectivity index (χ1n) is 4.88. The summed E-state index contributed by atoms with van der Waals surface area (Å²) < 4.78 is 0. The molecule has 0 aliphatic rings. The Morgan fingerprint density at radius 3 is 2.00 bits per heavy atom. The van der Waals surface area contributed by atoms with Gasteiger partial charge >= 0.3 is 0 Å². The number of unbranched alkanes of at least 4 members (excludes halogenated alkanes) is 4. The summed E-state index contributed by atoms with van der Waals surface area (Å²) >= 11 is 4.18. The molecule has 0 fully saturated rings. The summed E-state index contributed by atoms with van der Waals surface area (Å²) in [5.41, 5.74) is 0. The van der Waals surface area contributed by atoms with Gasteiger partial charge in [-0.25, -0.2) is 0 Å². The van der Waals surface area contributed by atoms with Crippen LogP contribution in [0.25, 0.3) is 0 Å². The molecule has 0 aromatic carbocycles. The minimum absolute atomic E-state index is 0.889. The van der Waals surface area contributed by atoms with Crippen molar-refractivity contribution in [3.05, 3.63) is 0 Å². The van der Waals surface area contributed by atoms with Crippen molar-refractivity contribution in [2.75, 3.05) is 5.75 Å². The predicted molar refractivity (Wildman–Crippen MR) is 56.4 cm³/mol. The predicted octanol–water partition coefficient (Wildman–Crippen LogP) is 3.91. The zero-order valence-electron chi connectivity index (χ0n) is 7.97. The van der Waals surface area contributed by atoms with Crippen LogP contribution in [0.4, 0.5) is 0 Å². The van der Waals surface area contributed by atoms with E-state index in [2.05, 4.69) is 26.5 Å². The van der Waals surface area contributed by atoms with Gasteiger partial charge in [0.05, 0.1) is 0 Å². The zero-order chi connectivity index (χ0) is 8.53. The fourth-order valence-corrected chi connectivity index (χ4v) is 1.42. The van der Waals surface area contributed by atoms with Crippen molar-refractivity contribution in [1.82, 2.24) is 0 Å². The summed E-state index contributed by atoms with van der Waals surface area (Å²) in [7, 11) is 0. The van der Waals surface area contributed by atoms with E-state index in [1.54, 1.807) is 0 Å². The Morgan fingerprint density at radius 1 is 0.909 bits per heavy atom. The summed E-state index contributed by atoms with van der Waals surface area (Å²) in [6.45, 7) is 4.60. The molecule has 1 heteroatoms. The quantitative estimate of drug-likeness (QED) is 0.439. The third-order valence-electron chi connectivity index (χ3n) is 1.94. The Kier molecular flexibility index (Phi) is 8.72. The lowest BCUT2D eigenvalue weighted by Crippen LogP contribution is -1.87. The Hall–Kier alpha value is 0.350. The van der Waals surface area contributed by atoms with Crippen LogP contribution in [0.3, 0.4) is 0 Å². The fraction of sp³-hybridized carbons (Fsp3) is 1.00. The lowest BCUT2D eigenvalue weighted by atomic mass is 10.0. The van der Waals surface area contributed by atoms with E-state index in [-0.39, 0.29) is 0 Å². The van der Waals surface area contributed by atoms with Gasteiger partial charge in [-0.05, 0) is 18.1 Å². The second kappa shape index (κ2) is 8.45. The molecular formula is C10H22S. The van der Waals surface area contributed by atoms with Crippen LogP contribution in [0.5, 0.6) is 0 Å². The van der Waals surface area contributed by atoms with Gasteiger partial charge < -0.3 is 0 Å². The third-order valence-corrected chi connectivity index (χ3v) is 2.26. The highest BCUT2D eigenvalue weighted by Gasteiger charge is 1.93. The van der Waals surface area contributed by atoms with Crippen molar-refractivity contribution in [2.45, 2.75) is 52.4 Å². The van der Waals surface area contributed by atoms with Crippen molar-refractivity contribution in [2.24, 2.45) is 5.92 Å². The van der Waals surface area contributed by atoms with Gasteiger partial charge in [-0.2, -0.15) is 12.6 Å². The second-order valence-corrected chi connectivity index (χ2v) is 4.12. The summed E-state index contributed by atoms with van der Waals surface area (Å²) in [6, 6.07) is 0. The fourth-order valence-electron chi connectivity index (χ4n) is 1.19. The monoisotopic (exact) mass is 174 g/mol. The smallest absolute Gasteiger partial charge is 0.00979 e. The first-order chi connectivity index (χ1) is 5.27. The molecule has 0 saturated heterocycles. The van der Waals surface area contributed by atoms with Gasteiger partial charge in [-0.15, -0.1) is 0 Å². The average molecular weight is 174 g/mol. The molecule has 0 rings (SSSR count). The van der Waals surface area contributed by atoms with Crippen LogP contribution in [-0.4, -0.2) is 5.75 Å². The summed E-state index contributed by atoms with van der Waals surface area (Å²) in [5.74, 6) is 1.95. The van der Waals surface area contributed by atoms with Crippen LogP contribution in [-0.2, 0) is 0 Å². The van der Waals surface area contributed by atoms with Crippen LogP contribution in [0.1, 0.15) is 52.4 Å². The zero-order valence-corrected chi connectivity index (χ0v) is 8.87. The minimum atomic E-state index is 0.889. The van der Waals surface area contributed by atoms with E-state index >= 15 is 0 Å². The van der Waals surface area contributed by atoms with Crippen molar-refractivity contribution in [1.29, 1.82) is 0 Å². The molecular weight excluding hydrogens is 152 g/mol. The van der Waals surface area contributed by atoms with Gasteiger partial charge in [0, 0.05) is 0 Å². The summed E-state index contributed by atoms with van der Waals surface area (Å²) in [5, 5.41) is 0. The normalized spacial score (nSPS) is 10.9. The SMILES string of the molecule is CC(C)CCCCCCCS. The molecule has 0 aliphatic heterocycles. The molecule has 0 unspecified atom stereocenters. The first-order valence-corrected chi connectivity index (χ1v) is 5.51. The highest BCUT2D eigenvalue weighted by atomic mass is 32.1. The van der Waals surface area contributed by atoms with E-state index in [1.165, 1.54) is 38.5 Å². The van der Waals surface area contributed by atoms with Gasteiger partial charge in [-0.3, -0.25) is 0 Å². The number of hydrogen-bond donors (Lipinski definition) is 1. The molecule has 0 N–H and O–H groups in total. The van der Waals surface area contributed by atoms with E-state index in [4.69, 9.17) is 0 Å². The molecule has 0 radical (unpaired) electrons. The number of thiol groups is 1. The van der Waals surface area contributed by atoms with Crippen molar-refractivity contribution >= 4 is 12.6 Å². The van der Waals surface area contributed by atoms with Gasteiger partial charge in [0.15, 0.2) is 0 Å². The molecule has 0 amide bonds. The van der Waals surface area contributed by atoms with Crippen LogP contribution in [0, 0.1) is 5.92 Å². The van der Waals surface area contributed by atoms with Crippen LogP contribution in [0.15, 0.2) is 0 Å². The molecule has 0 saturated carbocycles. The molecule has 0 aromatic rings. The number of rotatable bonds is 7.